The lowest BCUT2D eigenvalue weighted by atomic mass is 10.0. The highest BCUT2D eigenvalue weighted by Gasteiger charge is 2.29. The van der Waals surface area contributed by atoms with Crippen LogP contribution in [0.2, 0.25) is 0 Å². The molecule has 1 fully saturated rings. The lowest BCUT2D eigenvalue weighted by Crippen LogP contribution is -1.85. The fourth-order valence-corrected chi connectivity index (χ4v) is 2.37. The van der Waals surface area contributed by atoms with Gasteiger partial charge in [-0.05, 0) is 43.7 Å². The van der Waals surface area contributed by atoms with Crippen LogP contribution in [0.1, 0.15) is 45.9 Å². The zero-order chi connectivity index (χ0) is 11.3. The molecule has 82 valence electrons. The number of aromatic nitrogens is 1. The van der Waals surface area contributed by atoms with Gasteiger partial charge in [0.15, 0.2) is 6.29 Å². The summed E-state index contributed by atoms with van der Waals surface area (Å²) >= 11 is 0. The molecule has 1 N–H and O–H groups in total. The molecule has 0 spiro atoms. The van der Waals surface area contributed by atoms with E-state index in [1.165, 1.54) is 24.0 Å². The fraction of sp³-hybridized carbons (Fsp3) is 0.357. The Balaban J connectivity index is 2.36. The van der Waals surface area contributed by atoms with Crippen molar-refractivity contribution in [3.8, 4) is 0 Å². The first-order chi connectivity index (χ1) is 7.72. The molecule has 2 nitrogen and oxygen atoms in total. The quantitative estimate of drug-likeness (QED) is 0.761. The fourth-order valence-electron chi connectivity index (χ4n) is 2.37. The van der Waals surface area contributed by atoms with Crippen LogP contribution in [0.5, 0.6) is 0 Å². The van der Waals surface area contributed by atoms with E-state index in [0.717, 1.165) is 28.4 Å². The second-order valence-corrected chi connectivity index (χ2v) is 4.77. The van der Waals surface area contributed by atoms with Gasteiger partial charge in [0.25, 0.3) is 0 Å². The summed E-state index contributed by atoms with van der Waals surface area (Å²) in [5, 5.41) is 1.08. The van der Waals surface area contributed by atoms with E-state index in [2.05, 4.69) is 31.0 Å². The van der Waals surface area contributed by atoms with Crippen molar-refractivity contribution in [2.45, 2.75) is 32.6 Å². The van der Waals surface area contributed by atoms with Gasteiger partial charge in [0.05, 0.1) is 0 Å². The van der Waals surface area contributed by atoms with Gasteiger partial charge in [-0.15, -0.1) is 0 Å². The Morgan fingerprint density at radius 2 is 2.06 bits per heavy atom. The number of aromatic amines is 1. The first kappa shape index (κ1) is 9.64. The molecule has 1 heterocycles. The molecule has 0 radical (unpaired) electrons. The third-order valence-corrected chi connectivity index (χ3v) is 3.68. The standard InChI is InChI=1S/C14H15NO/c1-8-3-6-11-12(7-16)14(10-4-5-10)15-13(11)9(8)2/h3,6-7,10,15H,4-5H2,1-2H3. The van der Waals surface area contributed by atoms with Crippen molar-refractivity contribution in [3.63, 3.8) is 0 Å². The minimum atomic E-state index is 0.590. The van der Waals surface area contributed by atoms with Gasteiger partial charge in [0.1, 0.15) is 0 Å². The van der Waals surface area contributed by atoms with Crippen molar-refractivity contribution < 1.29 is 4.79 Å². The van der Waals surface area contributed by atoms with Crippen LogP contribution >= 0.6 is 0 Å². The Labute approximate surface area is 94.7 Å². The van der Waals surface area contributed by atoms with Crippen LogP contribution in [0.15, 0.2) is 12.1 Å². The number of hydrogen-bond acceptors (Lipinski definition) is 1. The van der Waals surface area contributed by atoms with Crippen LogP contribution in [0.25, 0.3) is 10.9 Å². The Morgan fingerprint density at radius 1 is 1.31 bits per heavy atom. The molecule has 3 rings (SSSR count). The van der Waals surface area contributed by atoms with Crippen LogP contribution in [0.4, 0.5) is 0 Å². The zero-order valence-electron chi connectivity index (χ0n) is 9.63. The summed E-state index contributed by atoms with van der Waals surface area (Å²) in [6, 6.07) is 4.15. The Bertz CT molecular complexity index is 576. The first-order valence-electron chi connectivity index (χ1n) is 5.79. The largest absolute Gasteiger partial charge is 0.357 e. The number of benzene rings is 1. The van der Waals surface area contributed by atoms with Gasteiger partial charge in [-0.25, -0.2) is 0 Å². The molecule has 1 aliphatic carbocycles. The van der Waals surface area contributed by atoms with E-state index in [9.17, 15) is 4.79 Å². The third-order valence-electron chi connectivity index (χ3n) is 3.68. The molecule has 0 saturated heterocycles. The molecular weight excluding hydrogens is 198 g/mol. The van der Waals surface area contributed by atoms with E-state index < -0.39 is 0 Å². The Morgan fingerprint density at radius 3 is 2.69 bits per heavy atom. The van der Waals surface area contributed by atoms with E-state index in [-0.39, 0.29) is 0 Å². The summed E-state index contributed by atoms with van der Waals surface area (Å²) in [6.45, 7) is 4.21. The molecule has 0 bridgehead atoms. The first-order valence-corrected chi connectivity index (χ1v) is 5.79. The lowest BCUT2D eigenvalue weighted by Gasteiger charge is -2.00. The van der Waals surface area contributed by atoms with Crippen LogP contribution < -0.4 is 0 Å². The SMILES string of the molecule is Cc1ccc2c(C=O)c(C3CC3)[nH]c2c1C. The van der Waals surface area contributed by atoms with Crippen molar-refractivity contribution >= 4 is 17.2 Å². The molecule has 1 saturated carbocycles. The second kappa shape index (κ2) is 3.21. The molecule has 2 heteroatoms. The summed E-state index contributed by atoms with van der Waals surface area (Å²) in [5.74, 6) is 0.590. The normalized spacial score (nSPS) is 15.6. The maximum absolute atomic E-state index is 11.2. The molecule has 0 aliphatic heterocycles. The molecule has 1 aromatic heterocycles. The van der Waals surface area contributed by atoms with Crippen LogP contribution in [-0.4, -0.2) is 11.3 Å². The minimum Gasteiger partial charge on any atom is -0.357 e. The average Bonchev–Trinajstić information content (AvgIpc) is 3.05. The van der Waals surface area contributed by atoms with E-state index in [4.69, 9.17) is 0 Å². The number of aldehydes is 1. The van der Waals surface area contributed by atoms with Crippen molar-refractivity contribution in [1.82, 2.24) is 4.98 Å². The number of aryl methyl sites for hydroxylation is 2. The summed E-state index contributed by atoms with van der Waals surface area (Å²) in [4.78, 5) is 14.7. The average molecular weight is 213 g/mol. The van der Waals surface area contributed by atoms with Crippen LogP contribution in [0, 0.1) is 13.8 Å². The number of fused-ring (bicyclic) bond motifs is 1. The summed E-state index contributed by atoms with van der Waals surface area (Å²) < 4.78 is 0. The van der Waals surface area contributed by atoms with E-state index in [1.54, 1.807) is 0 Å². The lowest BCUT2D eigenvalue weighted by molar-refractivity contribution is 0.112. The molecular formula is C14H15NO. The number of H-pyrrole nitrogens is 1. The topological polar surface area (TPSA) is 32.9 Å². The third kappa shape index (κ3) is 1.22. The zero-order valence-corrected chi connectivity index (χ0v) is 9.63. The molecule has 0 unspecified atom stereocenters. The van der Waals surface area contributed by atoms with Gasteiger partial charge >= 0.3 is 0 Å². The number of rotatable bonds is 2. The predicted molar refractivity (Wildman–Crippen MR) is 65.1 cm³/mol. The summed E-state index contributed by atoms with van der Waals surface area (Å²) in [6.07, 6.45) is 3.43. The van der Waals surface area contributed by atoms with Crippen molar-refractivity contribution in [3.05, 3.63) is 34.5 Å². The minimum absolute atomic E-state index is 0.590. The van der Waals surface area contributed by atoms with Gasteiger partial charge in [-0.1, -0.05) is 12.1 Å². The Kier molecular flexibility index (Phi) is 1.93. The number of carbonyl (C=O) groups is 1. The van der Waals surface area contributed by atoms with Gasteiger partial charge in [-0.2, -0.15) is 0 Å². The van der Waals surface area contributed by atoms with Gasteiger partial charge in [-0.3, -0.25) is 4.79 Å². The van der Waals surface area contributed by atoms with Gasteiger partial charge < -0.3 is 4.98 Å². The number of nitrogens with one attached hydrogen (secondary N) is 1. The second-order valence-electron chi connectivity index (χ2n) is 4.77. The van der Waals surface area contributed by atoms with Crippen molar-refractivity contribution in [2.24, 2.45) is 0 Å². The summed E-state index contributed by atoms with van der Waals surface area (Å²) in [5.41, 5.74) is 5.70. The molecule has 0 amide bonds. The molecule has 0 atom stereocenters. The highest BCUT2D eigenvalue weighted by atomic mass is 16.1. The van der Waals surface area contributed by atoms with Crippen molar-refractivity contribution in [1.29, 1.82) is 0 Å². The van der Waals surface area contributed by atoms with Gasteiger partial charge in [0, 0.05) is 22.2 Å². The van der Waals surface area contributed by atoms with E-state index >= 15 is 0 Å². The number of hydrogen-bond donors (Lipinski definition) is 1. The van der Waals surface area contributed by atoms with Crippen LogP contribution in [0.3, 0.4) is 0 Å². The molecule has 1 aliphatic rings. The van der Waals surface area contributed by atoms with Crippen LogP contribution in [-0.2, 0) is 0 Å². The molecule has 1 aromatic carbocycles. The maximum atomic E-state index is 11.2. The molecule has 16 heavy (non-hydrogen) atoms. The monoisotopic (exact) mass is 213 g/mol. The Hall–Kier alpha value is -1.57. The van der Waals surface area contributed by atoms with Gasteiger partial charge in [0.2, 0.25) is 0 Å². The van der Waals surface area contributed by atoms with Crippen molar-refractivity contribution in [2.75, 3.05) is 0 Å². The highest BCUT2D eigenvalue weighted by Crippen LogP contribution is 2.43. The molecule has 2 aromatic rings. The smallest absolute Gasteiger partial charge is 0.152 e. The number of carbonyl (C=O) groups excluding carboxylic acids is 1. The van der Waals surface area contributed by atoms with E-state index in [0.29, 0.717) is 5.92 Å². The van der Waals surface area contributed by atoms with E-state index in [1.807, 2.05) is 0 Å². The predicted octanol–water partition coefficient (Wildman–Crippen LogP) is 3.47. The maximum Gasteiger partial charge on any atom is 0.152 e. The summed E-state index contributed by atoms with van der Waals surface area (Å²) in [7, 11) is 0. The highest BCUT2D eigenvalue weighted by molar-refractivity contribution is 6.00.